The van der Waals surface area contributed by atoms with Gasteiger partial charge in [-0.3, -0.25) is 9.69 Å². The van der Waals surface area contributed by atoms with Crippen LogP contribution in [-0.2, 0) is 16.9 Å². The van der Waals surface area contributed by atoms with E-state index in [0.717, 1.165) is 22.6 Å². The minimum absolute atomic E-state index is 0.111. The molecule has 8 heteroatoms. The molecule has 1 unspecified atom stereocenters. The van der Waals surface area contributed by atoms with Crippen LogP contribution in [0.1, 0.15) is 18.2 Å². The van der Waals surface area contributed by atoms with E-state index in [9.17, 15) is 18.4 Å². The Morgan fingerprint density at radius 3 is 2.54 bits per heavy atom. The van der Waals surface area contributed by atoms with Gasteiger partial charge in [-0.2, -0.15) is 0 Å². The maximum Gasteiger partial charge on any atom is 0.325 e. The number of carbonyl (C=O) groups excluding carboxylic acids is 2. The summed E-state index contributed by atoms with van der Waals surface area (Å²) in [5.74, 6) is -2.21. The molecule has 3 aromatic rings. The van der Waals surface area contributed by atoms with Crippen LogP contribution in [0.2, 0.25) is 0 Å². The lowest BCUT2D eigenvalue weighted by Gasteiger charge is -2.22. The van der Waals surface area contributed by atoms with E-state index in [-0.39, 0.29) is 12.1 Å². The lowest BCUT2D eigenvalue weighted by Crippen LogP contribution is -2.41. The number of urea groups is 1. The number of carbonyl (C=O) groups is 2. The highest BCUT2D eigenvalue weighted by Crippen LogP contribution is 2.31. The van der Waals surface area contributed by atoms with Gasteiger partial charge in [0.05, 0.1) is 6.54 Å². The van der Waals surface area contributed by atoms with Gasteiger partial charge in [-0.1, -0.05) is 41.6 Å². The SMILES string of the molecule is CC1(c2ccc(F)c(F)c2)NC(=O)N(Cc2cc(-c3ccccc3)on2)C1=O. The Morgan fingerprint density at radius 2 is 1.82 bits per heavy atom. The molecule has 0 saturated carbocycles. The Kier molecular flexibility index (Phi) is 4.18. The predicted molar refractivity (Wildman–Crippen MR) is 94.7 cm³/mol. The summed E-state index contributed by atoms with van der Waals surface area (Å²) in [4.78, 5) is 26.2. The first-order chi connectivity index (χ1) is 13.4. The molecule has 0 radical (unpaired) electrons. The zero-order chi connectivity index (χ0) is 19.9. The fraction of sp³-hybridized carbons (Fsp3) is 0.150. The number of benzene rings is 2. The molecule has 2 heterocycles. The van der Waals surface area contributed by atoms with Crippen molar-refractivity contribution in [3.63, 3.8) is 0 Å². The largest absolute Gasteiger partial charge is 0.356 e. The number of hydrogen-bond donors (Lipinski definition) is 1. The fourth-order valence-corrected chi connectivity index (χ4v) is 3.13. The quantitative estimate of drug-likeness (QED) is 0.699. The van der Waals surface area contributed by atoms with Gasteiger partial charge in [0.1, 0.15) is 11.2 Å². The Morgan fingerprint density at radius 1 is 1.07 bits per heavy atom. The van der Waals surface area contributed by atoms with E-state index in [2.05, 4.69) is 10.5 Å². The van der Waals surface area contributed by atoms with E-state index in [1.807, 2.05) is 30.3 Å². The molecule has 1 aliphatic heterocycles. The molecule has 0 spiro atoms. The van der Waals surface area contributed by atoms with Gasteiger partial charge in [-0.05, 0) is 24.6 Å². The van der Waals surface area contributed by atoms with Crippen LogP contribution in [0.25, 0.3) is 11.3 Å². The molecule has 3 amide bonds. The second-order valence-corrected chi connectivity index (χ2v) is 6.62. The molecular weight excluding hydrogens is 368 g/mol. The van der Waals surface area contributed by atoms with Crippen LogP contribution in [-0.4, -0.2) is 22.0 Å². The second-order valence-electron chi connectivity index (χ2n) is 6.62. The van der Waals surface area contributed by atoms with Gasteiger partial charge in [-0.15, -0.1) is 0 Å². The first-order valence-corrected chi connectivity index (χ1v) is 8.49. The molecule has 0 aliphatic carbocycles. The first-order valence-electron chi connectivity index (χ1n) is 8.49. The maximum absolute atomic E-state index is 13.6. The molecule has 1 atom stereocenters. The summed E-state index contributed by atoms with van der Waals surface area (Å²) < 4.78 is 32.1. The zero-order valence-electron chi connectivity index (χ0n) is 14.8. The van der Waals surface area contributed by atoms with Crippen LogP contribution < -0.4 is 5.32 Å². The summed E-state index contributed by atoms with van der Waals surface area (Å²) in [6.45, 7) is 1.33. The van der Waals surface area contributed by atoms with Crippen LogP contribution in [0.3, 0.4) is 0 Å². The molecule has 0 bridgehead atoms. The monoisotopic (exact) mass is 383 g/mol. The van der Waals surface area contributed by atoms with Gasteiger partial charge in [0.15, 0.2) is 17.4 Å². The van der Waals surface area contributed by atoms with Gasteiger partial charge in [0.25, 0.3) is 5.91 Å². The molecule has 1 saturated heterocycles. The molecule has 1 aromatic heterocycles. The van der Waals surface area contributed by atoms with Crippen molar-refractivity contribution in [3.05, 3.63) is 77.5 Å². The van der Waals surface area contributed by atoms with Crippen molar-refractivity contribution < 1.29 is 22.9 Å². The fourth-order valence-electron chi connectivity index (χ4n) is 3.13. The van der Waals surface area contributed by atoms with Crippen molar-refractivity contribution >= 4 is 11.9 Å². The highest BCUT2D eigenvalue weighted by molar-refractivity contribution is 6.07. The Balaban J connectivity index is 1.58. The van der Waals surface area contributed by atoms with Gasteiger partial charge in [0.2, 0.25) is 0 Å². The molecule has 6 nitrogen and oxygen atoms in total. The summed E-state index contributed by atoms with van der Waals surface area (Å²) in [6, 6.07) is 13.3. The minimum Gasteiger partial charge on any atom is -0.356 e. The Hall–Kier alpha value is -3.55. The standard InChI is InChI=1S/C20H15F2N3O3/c1-20(13-7-8-15(21)16(22)9-13)18(26)25(19(27)23-20)11-14-10-17(28-24-14)12-5-3-2-4-6-12/h2-10H,11H2,1H3,(H,23,27). The third kappa shape index (κ3) is 2.92. The molecule has 1 N–H and O–H groups in total. The first kappa shape index (κ1) is 17.8. The lowest BCUT2D eigenvalue weighted by molar-refractivity contribution is -0.131. The summed E-state index contributed by atoms with van der Waals surface area (Å²) >= 11 is 0. The molecular formula is C20H15F2N3O3. The second kappa shape index (κ2) is 6.56. The van der Waals surface area contributed by atoms with E-state index in [1.54, 1.807) is 6.07 Å². The van der Waals surface area contributed by atoms with Crippen molar-refractivity contribution in [1.82, 2.24) is 15.4 Å². The number of nitrogens with one attached hydrogen (secondary N) is 1. The Bertz CT molecular complexity index is 1070. The normalized spacial score (nSPS) is 19.2. The third-order valence-corrected chi connectivity index (χ3v) is 4.71. The van der Waals surface area contributed by atoms with Crippen LogP contribution in [0.5, 0.6) is 0 Å². The number of hydrogen-bond acceptors (Lipinski definition) is 4. The summed E-state index contributed by atoms with van der Waals surface area (Å²) in [5.41, 5.74) is -0.156. The van der Waals surface area contributed by atoms with Crippen molar-refractivity contribution in [2.24, 2.45) is 0 Å². The number of imide groups is 1. The highest BCUT2D eigenvalue weighted by atomic mass is 19.2. The van der Waals surface area contributed by atoms with Crippen molar-refractivity contribution in [3.8, 4) is 11.3 Å². The molecule has 2 aromatic carbocycles. The van der Waals surface area contributed by atoms with Crippen LogP contribution in [0.15, 0.2) is 59.1 Å². The predicted octanol–water partition coefficient (Wildman–Crippen LogP) is 3.59. The number of rotatable bonds is 4. The number of nitrogens with zero attached hydrogens (tertiary/aromatic N) is 2. The molecule has 142 valence electrons. The molecule has 1 fully saturated rings. The number of halogens is 2. The van der Waals surface area contributed by atoms with Crippen molar-refractivity contribution in [1.29, 1.82) is 0 Å². The molecule has 1 aliphatic rings. The highest BCUT2D eigenvalue weighted by Gasteiger charge is 2.49. The lowest BCUT2D eigenvalue weighted by atomic mass is 9.92. The zero-order valence-corrected chi connectivity index (χ0v) is 14.8. The van der Waals surface area contributed by atoms with Crippen LogP contribution >= 0.6 is 0 Å². The average molecular weight is 383 g/mol. The average Bonchev–Trinajstić information content (AvgIpc) is 3.24. The van der Waals surface area contributed by atoms with E-state index >= 15 is 0 Å². The third-order valence-electron chi connectivity index (χ3n) is 4.71. The van der Waals surface area contributed by atoms with E-state index in [1.165, 1.54) is 13.0 Å². The number of amides is 3. The Labute approximate surface area is 158 Å². The molecule has 28 heavy (non-hydrogen) atoms. The van der Waals surface area contributed by atoms with Gasteiger partial charge in [0, 0.05) is 11.6 Å². The summed E-state index contributed by atoms with van der Waals surface area (Å²) in [5, 5.41) is 6.45. The maximum atomic E-state index is 13.6. The van der Waals surface area contributed by atoms with Gasteiger partial charge in [-0.25, -0.2) is 13.6 Å². The minimum atomic E-state index is -1.50. The van der Waals surface area contributed by atoms with E-state index in [4.69, 9.17) is 4.52 Å². The van der Waals surface area contributed by atoms with Crippen molar-refractivity contribution in [2.75, 3.05) is 0 Å². The van der Waals surface area contributed by atoms with Crippen LogP contribution in [0, 0.1) is 11.6 Å². The number of aromatic nitrogens is 1. The van der Waals surface area contributed by atoms with Gasteiger partial charge >= 0.3 is 6.03 Å². The van der Waals surface area contributed by atoms with E-state index in [0.29, 0.717) is 11.5 Å². The molecule has 4 rings (SSSR count). The summed E-state index contributed by atoms with van der Waals surface area (Å²) in [7, 11) is 0. The van der Waals surface area contributed by atoms with Crippen molar-refractivity contribution in [2.45, 2.75) is 19.0 Å². The van der Waals surface area contributed by atoms with Crippen LogP contribution in [0.4, 0.5) is 13.6 Å². The summed E-state index contributed by atoms with van der Waals surface area (Å²) in [6.07, 6.45) is 0. The topological polar surface area (TPSA) is 75.4 Å². The van der Waals surface area contributed by atoms with E-state index < -0.39 is 29.1 Å². The smallest absolute Gasteiger partial charge is 0.325 e. The van der Waals surface area contributed by atoms with Gasteiger partial charge < -0.3 is 9.84 Å².